The second-order valence-electron chi connectivity index (χ2n) is 5.65. The van der Waals surface area contributed by atoms with Gasteiger partial charge in [0.05, 0.1) is 6.04 Å². The zero-order chi connectivity index (χ0) is 13.5. The minimum Gasteiger partial charge on any atom is -0.369 e. The maximum absolute atomic E-state index is 6.00. The summed E-state index contributed by atoms with van der Waals surface area (Å²) in [4.78, 5) is 10.9. The maximum Gasteiger partial charge on any atom is 0.218 e. The first-order valence-corrected chi connectivity index (χ1v) is 7.68. The number of rotatable bonds is 1. The van der Waals surface area contributed by atoms with Crippen LogP contribution in [0.15, 0.2) is 9.98 Å². The van der Waals surface area contributed by atoms with Gasteiger partial charge in [-0.1, -0.05) is 25.7 Å². The lowest BCUT2D eigenvalue weighted by Gasteiger charge is -2.27. The lowest BCUT2D eigenvalue weighted by atomic mass is 10.1. The number of likely N-dealkylation sites (tertiary alicyclic amines) is 1. The summed E-state index contributed by atoms with van der Waals surface area (Å²) in [6, 6.07) is 0.348. The van der Waals surface area contributed by atoms with Crippen LogP contribution in [0.4, 0.5) is 0 Å². The van der Waals surface area contributed by atoms with E-state index < -0.39 is 0 Å². The van der Waals surface area contributed by atoms with Crippen molar-refractivity contribution in [2.24, 2.45) is 21.5 Å². The van der Waals surface area contributed by atoms with Crippen LogP contribution in [0.3, 0.4) is 0 Å². The van der Waals surface area contributed by atoms with E-state index in [4.69, 9.17) is 11.5 Å². The van der Waals surface area contributed by atoms with Crippen molar-refractivity contribution >= 4 is 11.9 Å². The van der Waals surface area contributed by atoms with Gasteiger partial charge in [-0.15, -0.1) is 0 Å². The van der Waals surface area contributed by atoms with Crippen LogP contribution in [-0.4, -0.2) is 36.0 Å². The Bertz CT molecular complexity index is 323. The molecule has 0 aromatic rings. The minimum atomic E-state index is 0.348. The fraction of sp³-hybridized carbons (Fsp3) is 0.857. The quantitative estimate of drug-likeness (QED) is 0.431. The van der Waals surface area contributed by atoms with E-state index in [1.165, 1.54) is 44.9 Å². The predicted octanol–water partition coefficient (Wildman–Crippen LogP) is 1.82. The minimum absolute atomic E-state index is 0.348. The molecule has 0 spiro atoms. The number of hydrogen-bond donors (Lipinski definition) is 2. The predicted molar refractivity (Wildman–Crippen MR) is 80.2 cm³/mol. The Hall–Kier alpha value is -1.26. The molecule has 0 aromatic carbocycles. The van der Waals surface area contributed by atoms with Gasteiger partial charge in [-0.25, -0.2) is 4.99 Å². The van der Waals surface area contributed by atoms with Gasteiger partial charge >= 0.3 is 0 Å². The summed E-state index contributed by atoms with van der Waals surface area (Å²) in [5.41, 5.74) is 11.9. The summed E-state index contributed by atoms with van der Waals surface area (Å²) in [7, 11) is 0. The second kappa shape index (κ2) is 7.36. The molecule has 0 atom stereocenters. The zero-order valence-electron chi connectivity index (χ0n) is 11.9. The zero-order valence-corrected chi connectivity index (χ0v) is 11.9. The highest BCUT2D eigenvalue weighted by Crippen LogP contribution is 2.19. The highest BCUT2D eigenvalue weighted by molar-refractivity contribution is 5.93. The molecule has 0 amide bonds. The number of hydrogen-bond acceptors (Lipinski definition) is 1. The van der Waals surface area contributed by atoms with E-state index in [0.29, 0.717) is 18.0 Å². The molecule has 108 valence electrons. The molecular weight excluding hydrogens is 238 g/mol. The number of aliphatic imine (C=N–C) groups is 2. The average Bonchev–Trinajstić information content (AvgIpc) is 2.68. The molecule has 1 aliphatic heterocycles. The monoisotopic (exact) mass is 265 g/mol. The van der Waals surface area contributed by atoms with Crippen molar-refractivity contribution in [2.75, 3.05) is 13.1 Å². The standard InChI is InChI=1S/C14H27N5/c15-13(17-12-8-4-1-2-5-9-12)18-14(16)19-10-6-3-7-11-19/h12H,1-11H2,(H4,15,16,17,18). The summed E-state index contributed by atoms with van der Waals surface area (Å²) in [5, 5.41) is 0. The lowest BCUT2D eigenvalue weighted by molar-refractivity contribution is 0.339. The fourth-order valence-corrected chi connectivity index (χ4v) is 2.91. The van der Waals surface area contributed by atoms with E-state index >= 15 is 0 Å². The van der Waals surface area contributed by atoms with Crippen LogP contribution < -0.4 is 11.5 Å². The van der Waals surface area contributed by atoms with E-state index in [-0.39, 0.29) is 0 Å². The third-order valence-electron chi connectivity index (χ3n) is 4.05. The van der Waals surface area contributed by atoms with Gasteiger partial charge < -0.3 is 16.4 Å². The summed E-state index contributed by atoms with van der Waals surface area (Å²) in [5.74, 6) is 0.893. The Kier molecular flexibility index (Phi) is 5.48. The van der Waals surface area contributed by atoms with E-state index in [1.807, 2.05) is 0 Å². The molecular formula is C14H27N5. The Morgan fingerprint density at radius 2 is 1.42 bits per heavy atom. The molecule has 2 rings (SSSR count). The molecule has 5 heteroatoms. The number of piperidine rings is 1. The first-order valence-electron chi connectivity index (χ1n) is 7.68. The fourth-order valence-electron chi connectivity index (χ4n) is 2.91. The summed E-state index contributed by atoms with van der Waals surface area (Å²) in [6.07, 6.45) is 11.1. The van der Waals surface area contributed by atoms with Crippen LogP contribution in [0.1, 0.15) is 57.8 Å². The normalized spacial score (nSPS) is 24.3. The lowest BCUT2D eigenvalue weighted by Crippen LogP contribution is -2.41. The topological polar surface area (TPSA) is 80.0 Å². The smallest absolute Gasteiger partial charge is 0.218 e. The average molecular weight is 265 g/mol. The Labute approximate surface area is 116 Å². The molecule has 1 heterocycles. The molecule has 4 N–H and O–H groups in total. The second-order valence-corrected chi connectivity index (χ2v) is 5.65. The number of guanidine groups is 2. The van der Waals surface area contributed by atoms with E-state index in [0.717, 1.165) is 25.9 Å². The van der Waals surface area contributed by atoms with E-state index in [2.05, 4.69) is 14.9 Å². The Morgan fingerprint density at radius 3 is 2.05 bits per heavy atom. The van der Waals surface area contributed by atoms with Crippen molar-refractivity contribution in [3.8, 4) is 0 Å². The number of nitrogens with two attached hydrogens (primary N) is 2. The molecule has 1 saturated carbocycles. The van der Waals surface area contributed by atoms with E-state index in [1.54, 1.807) is 0 Å². The first-order chi connectivity index (χ1) is 9.25. The maximum atomic E-state index is 6.00. The van der Waals surface area contributed by atoms with Crippen molar-refractivity contribution in [1.29, 1.82) is 0 Å². The van der Waals surface area contributed by atoms with Gasteiger partial charge in [-0.2, -0.15) is 4.99 Å². The Morgan fingerprint density at radius 1 is 0.842 bits per heavy atom. The SMILES string of the molecule is NC(=NC1CCCCCC1)N=C(N)N1CCCCC1. The van der Waals surface area contributed by atoms with E-state index in [9.17, 15) is 0 Å². The number of nitrogens with zero attached hydrogens (tertiary/aromatic N) is 3. The molecule has 2 fully saturated rings. The highest BCUT2D eigenvalue weighted by Gasteiger charge is 2.14. The molecule has 1 saturated heterocycles. The largest absolute Gasteiger partial charge is 0.369 e. The summed E-state index contributed by atoms with van der Waals surface area (Å²) in [6.45, 7) is 1.98. The summed E-state index contributed by atoms with van der Waals surface area (Å²) < 4.78 is 0. The van der Waals surface area contributed by atoms with Crippen LogP contribution in [0, 0.1) is 0 Å². The molecule has 5 nitrogen and oxygen atoms in total. The molecule has 2 aliphatic rings. The third-order valence-corrected chi connectivity index (χ3v) is 4.05. The molecule has 19 heavy (non-hydrogen) atoms. The van der Waals surface area contributed by atoms with Crippen molar-refractivity contribution in [2.45, 2.75) is 63.8 Å². The first kappa shape index (κ1) is 14.2. The molecule has 0 unspecified atom stereocenters. The van der Waals surface area contributed by atoms with Crippen LogP contribution in [0.2, 0.25) is 0 Å². The van der Waals surface area contributed by atoms with Gasteiger partial charge in [0.25, 0.3) is 0 Å². The van der Waals surface area contributed by atoms with Crippen LogP contribution in [0.5, 0.6) is 0 Å². The molecule has 0 aromatic heterocycles. The molecule has 0 radical (unpaired) electrons. The van der Waals surface area contributed by atoms with Crippen molar-refractivity contribution in [3.05, 3.63) is 0 Å². The van der Waals surface area contributed by atoms with Crippen molar-refractivity contribution < 1.29 is 0 Å². The Balaban J connectivity index is 1.91. The van der Waals surface area contributed by atoms with Gasteiger partial charge in [0.2, 0.25) is 5.96 Å². The summed E-state index contributed by atoms with van der Waals surface area (Å²) >= 11 is 0. The molecule has 0 bridgehead atoms. The van der Waals surface area contributed by atoms with Gasteiger partial charge in [0.15, 0.2) is 5.96 Å². The highest BCUT2D eigenvalue weighted by atomic mass is 15.3. The van der Waals surface area contributed by atoms with Gasteiger partial charge in [-0.3, -0.25) is 0 Å². The van der Waals surface area contributed by atoms with Gasteiger partial charge in [-0.05, 0) is 32.1 Å². The van der Waals surface area contributed by atoms with Crippen LogP contribution >= 0.6 is 0 Å². The van der Waals surface area contributed by atoms with Gasteiger partial charge in [0.1, 0.15) is 0 Å². The third kappa shape index (κ3) is 4.73. The van der Waals surface area contributed by atoms with Crippen LogP contribution in [0.25, 0.3) is 0 Å². The molecule has 1 aliphatic carbocycles. The van der Waals surface area contributed by atoms with Crippen molar-refractivity contribution in [3.63, 3.8) is 0 Å². The van der Waals surface area contributed by atoms with Gasteiger partial charge in [0, 0.05) is 13.1 Å². The van der Waals surface area contributed by atoms with Crippen LogP contribution in [-0.2, 0) is 0 Å². The van der Waals surface area contributed by atoms with Crippen molar-refractivity contribution in [1.82, 2.24) is 4.90 Å².